The summed E-state index contributed by atoms with van der Waals surface area (Å²) in [4.78, 5) is 6.02. The second kappa shape index (κ2) is 8.63. The zero-order valence-corrected chi connectivity index (χ0v) is 20.3. The quantitative estimate of drug-likeness (QED) is 0.260. The second-order valence-electron chi connectivity index (χ2n) is 8.53. The summed E-state index contributed by atoms with van der Waals surface area (Å²) in [6.45, 7) is 0.178. The summed E-state index contributed by atoms with van der Waals surface area (Å²) in [5.41, 5.74) is 6.02. The smallest absolute Gasteiger partial charge is 0.231 e. The second-order valence-corrected chi connectivity index (χ2v) is 9.48. The first kappa shape index (κ1) is 21.4. The third kappa shape index (κ3) is 3.46. The van der Waals surface area contributed by atoms with E-state index in [1.54, 1.807) is 11.3 Å². The number of pyridine rings is 1. The van der Waals surface area contributed by atoms with Crippen molar-refractivity contribution in [2.24, 2.45) is 0 Å². The number of para-hydroxylation sites is 1. The van der Waals surface area contributed by atoms with Crippen molar-refractivity contribution in [1.82, 2.24) is 14.8 Å². The molecule has 1 aliphatic heterocycles. The SMILES string of the molecule is N#Cc1c(-c2cccs2)nc2c(c(-c3ccccc3)nn2-c2ccccc2)c1-c1ccc2c(c1)OCO2. The lowest BCUT2D eigenvalue weighted by atomic mass is 9.93. The molecular weight excluding hydrogens is 480 g/mol. The number of hydrogen-bond acceptors (Lipinski definition) is 6. The van der Waals surface area contributed by atoms with Crippen LogP contribution in [0.15, 0.2) is 96.4 Å². The van der Waals surface area contributed by atoms with Gasteiger partial charge in [0, 0.05) is 11.1 Å². The van der Waals surface area contributed by atoms with Crippen LogP contribution in [0.5, 0.6) is 11.5 Å². The minimum Gasteiger partial charge on any atom is -0.454 e. The van der Waals surface area contributed by atoms with Crippen molar-refractivity contribution in [3.05, 3.63) is 102 Å². The van der Waals surface area contributed by atoms with Crippen molar-refractivity contribution in [3.8, 4) is 56.2 Å². The summed E-state index contributed by atoms with van der Waals surface area (Å²) in [7, 11) is 0. The molecule has 4 heterocycles. The lowest BCUT2D eigenvalue weighted by Gasteiger charge is -2.13. The molecule has 3 aromatic carbocycles. The van der Waals surface area contributed by atoms with Gasteiger partial charge in [0.2, 0.25) is 6.79 Å². The number of thiophene rings is 1. The highest BCUT2D eigenvalue weighted by molar-refractivity contribution is 7.13. The van der Waals surface area contributed by atoms with Crippen molar-refractivity contribution < 1.29 is 9.47 Å². The number of nitrogens with zero attached hydrogens (tertiary/aromatic N) is 4. The van der Waals surface area contributed by atoms with Gasteiger partial charge >= 0.3 is 0 Å². The summed E-state index contributed by atoms with van der Waals surface area (Å²) in [5, 5.41) is 18.4. The Morgan fingerprint density at radius 3 is 2.35 bits per heavy atom. The van der Waals surface area contributed by atoms with Crippen molar-refractivity contribution in [2.45, 2.75) is 0 Å². The number of benzene rings is 3. The Balaban J connectivity index is 1.66. The van der Waals surface area contributed by atoms with E-state index in [0.717, 1.165) is 38.3 Å². The van der Waals surface area contributed by atoms with Crippen molar-refractivity contribution in [3.63, 3.8) is 0 Å². The first-order valence-corrected chi connectivity index (χ1v) is 12.6. The molecule has 7 heteroatoms. The van der Waals surface area contributed by atoms with Gasteiger partial charge in [0.15, 0.2) is 17.1 Å². The van der Waals surface area contributed by atoms with Gasteiger partial charge < -0.3 is 9.47 Å². The molecule has 0 fully saturated rings. The molecule has 6 nitrogen and oxygen atoms in total. The maximum Gasteiger partial charge on any atom is 0.231 e. The molecule has 0 aliphatic carbocycles. The summed E-state index contributed by atoms with van der Waals surface area (Å²) < 4.78 is 13.1. The van der Waals surface area contributed by atoms with Crippen LogP contribution in [0, 0.1) is 11.3 Å². The van der Waals surface area contributed by atoms with Gasteiger partial charge in [0.05, 0.1) is 21.5 Å². The van der Waals surface area contributed by atoms with Gasteiger partial charge in [-0.1, -0.05) is 60.7 Å². The number of ether oxygens (including phenoxy) is 2. The fraction of sp³-hybridized carbons (Fsp3) is 0.0333. The Hall–Kier alpha value is -4.93. The normalized spacial score (nSPS) is 12.1. The highest BCUT2D eigenvalue weighted by Gasteiger charge is 2.27. The van der Waals surface area contributed by atoms with E-state index < -0.39 is 0 Å². The highest BCUT2D eigenvalue weighted by Crippen LogP contribution is 2.45. The van der Waals surface area contributed by atoms with Gasteiger partial charge in [-0.2, -0.15) is 10.4 Å². The number of nitriles is 1. The Morgan fingerprint density at radius 2 is 1.59 bits per heavy atom. The molecule has 37 heavy (non-hydrogen) atoms. The molecule has 7 rings (SSSR count). The molecule has 0 N–H and O–H groups in total. The van der Waals surface area contributed by atoms with Crippen LogP contribution in [0.3, 0.4) is 0 Å². The van der Waals surface area contributed by atoms with Gasteiger partial charge in [-0.25, -0.2) is 9.67 Å². The third-order valence-corrected chi connectivity index (χ3v) is 7.27. The fourth-order valence-electron chi connectivity index (χ4n) is 4.74. The highest BCUT2D eigenvalue weighted by atomic mass is 32.1. The molecule has 0 saturated heterocycles. The number of rotatable bonds is 4. The standard InChI is InChI=1S/C30H18N4O2S/c31-17-22-26(20-13-14-23-24(16-20)36-18-35-23)27-28(19-8-3-1-4-9-19)33-34(21-10-5-2-6-11-21)30(27)32-29(22)25-12-7-15-37-25/h1-16H,18H2. The minimum absolute atomic E-state index is 0.178. The van der Waals surface area contributed by atoms with Gasteiger partial charge in [0.25, 0.3) is 0 Å². The van der Waals surface area contributed by atoms with Crippen LogP contribution in [0.4, 0.5) is 0 Å². The predicted molar refractivity (Wildman–Crippen MR) is 144 cm³/mol. The van der Waals surface area contributed by atoms with Crippen molar-refractivity contribution in [2.75, 3.05) is 6.79 Å². The lowest BCUT2D eigenvalue weighted by molar-refractivity contribution is 0.174. The largest absolute Gasteiger partial charge is 0.454 e. The van der Waals surface area contributed by atoms with Gasteiger partial charge in [-0.3, -0.25) is 0 Å². The first-order chi connectivity index (χ1) is 18.3. The van der Waals surface area contributed by atoms with E-state index in [0.29, 0.717) is 28.4 Å². The summed E-state index contributed by atoms with van der Waals surface area (Å²) in [6, 6.07) is 32.2. The maximum absolute atomic E-state index is 10.5. The molecule has 176 valence electrons. The lowest BCUT2D eigenvalue weighted by Crippen LogP contribution is -2.00. The third-order valence-electron chi connectivity index (χ3n) is 6.39. The van der Waals surface area contributed by atoms with E-state index in [4.69, 9.17) is 19.6 Å². The number of aromatic nitrogens is 3. The topological polar surface area (TPSA) is 73.0 Å². The number of fused-ring (bicyclic) bond motifs is 2. The van der Waals surface area contributed by atoms with Gasteiger partial charge in [-0.15, -0.1) is 11.3 Å². The van der Waals surface area contributed by atoms with Crippen LogP contribution >= 0.6 is 11.3 Å². The predicted octanol–water partition coefficient (Wildman–Crippen LogP) is 7.08. The van der Waals surface area contributed by atoms with E-state index in [9.17, 15) is 5.26 Å². The zero-order valence-electron chi connectivity index (χ0n) is 19.5. The molecule has 0 spiro atoms. The van der Waals surface area contributed by atoms with E-state index in [1.165, 1.54) is 0 Å². The van der Waals surface area contributed by atoms with E-state index in [2.05, 4.69) is 6.07 Å². The Morgan fingerprint density at radius 1 is 0.811 bits per heavy atom. The van der Waals surface area contributed by atoms with Crippen LogP contribution in [-0.2, 0) is 0 Å². The molecule has 6 aromatic rings. The molecule has 0 amide bonds. The molecule has 0 atom stereocenters. The Labute approximate surface area is 216 Å². The van der Waals surface area contributed by atoms with Crippen LogP contribution in [0.1, 0.15) is 5.56 Å². The molecule has 3 aromatic heterocycles. The molecule has 0 radical (unpaired) electrons. The van der Waals surface area contributed by atoms with Gasteiger partial charge in [0.1, 0.15) is 17.5 Å². The van der Waals surface area contributed by atoms with E-state index in [1.807, 2.05) is 101 Å². The monoisotopic (exact) mass is 498 g/mol. The summed E-state index contributed by atoms with van der Waals surface area (Å²) in [6.07, 6.45) is 0. The van der Waals surface area contributed by atoms with Crippen LogP contribution in [0.25, 0.3) is 49.7 Å². The van der Waals surface area contributed by atoms with Crippen LogP contribution in [-0.4, -0.2) is 21.6 Å². The Bertz CT molecular complexity index is 1800. The molecular formula is C30H18N4O2S. The fourth-order valence-corrected chi connectivity index (χ4v) is 5.46. The molecule has 0 saturated carbocycles. The van der Waals surface area contributed by atoms with Gasteiger partial charge in [-0.05, 0) is 41.3 Å². The summed E-state index contributed by atoms with van der Waals surface area (Å²) in [5.74, 6) is 1.34. The Kier molecular flexibility index (Phi) is 4.98. The molecule has 0 unspecified atom stereocenters. The summed E-state index contributed by atoms with van der Waals surface area (Å²) >= 11 is 1.55. The van der Waals surface area contributed by atoms with E-state index in [-0.39, 0.29) is 6.79 Å². The first-order valence-electron chi connectivity index (χ1n) is 11.7. The average Bonchev–Trinajstić information content (AvgIpc) is 3.72. The molecule has 1 aliphatic rings. The van der Waals surface area contributed by atoms with Crippen molar-refractivity contribution in [1.29, 1.82) is 5.26 Å². The van der Waals surface area contributed by atoms with Crippen molar-refractivity contribution >= 4 is 22.4 Å². The average molecular weight is 499 g/mol. The van der Waals surface area contributed by atoms with Crippen LogP contribution in [0.2, 0.25) is 0 Å². The van der Waals surface area contributed by atoms with Crippen LogP contribution < -0.4 is 9.47 Å². The minimum atomic E-state index is 0.178. The number of hydrogen-bond donors (Lipinski definition) is 0. The molecule has 0 bridgehead atoms. The maximum atomic E-state index is 10.5. The van der Waals surface area contributed by atoms with E-state index >= 15 is 0 Å². The zero-order chi connectivity index (χ0) is 24.8.